The number of carbonyl (C=O) groups is 1. The molecule has 1 heterocycles. The number of hydrogen-bond donors (Lipinski definition) is 0. The van der Waals surface area contributed by atoms with E-state index >= 15 is 0 Å². The Morgan fingerprint density at radius 2 is 2.21 bits per heavy atom. The molecule has 2 atom stereocenters. The second kappa shape index (κ2) is 5.68. The molecule has 14 heavy (non-hydrogen) atoms. The van der Waals surface area contributed by atoms with Crippen LogP contribution in [0.5, 0.6) is 0 Å². The van der Waals surface area contributed by atoms with E-state index in [0.717, 1.165) is 25.7 Å². The van der Waals surface area contributed by atoms with Crippen LogP contribution in [0.2, 0.25) is 0 Å². The first-order valence-electron chi connectivity index (χ1n) is 5.24. The van der Waals surface area contributed by atoms with Gasteiger partial charge in [-0.25, -0.2) is 4.79 Å². The minimum absolute atomic E-state index is 0.000596. The smallest absolute Gasteiger partial charge is 0.431 e. The molecule has 2 unspecified atom stereocenters. The van der Waals surface area contributed by atoms with E-state index in [9.17, 15) is 4.79 Å². The summed E-state index contributed by atoms with van der Waals surface area (Å²) in [7, 11) is 0. The highest BCUT2D eigenvalue weighted by atomic mass is 16.7. The van der Waals surface area contributed by atoms with Crippen LogP contribution in [0.15, 0.2) is 12.2 Å². The van der Waals surface area contributed by atoms with E-state index in [1.54, 1.807) is 0 Å². The average molecular weight is 198 g/mol. The van der Waals surface area contributed by atoms with Crippen LogP contribution in [-0.4, -0.2) is 18.4 Å². The van der Waals surface area contributed by atoms with Gasteiger partial charge in [-0.05, 0) is 13.3 Å². The molecule has 3 heteroatoms. The maximum atomic E-state index is 10.9. The van der Waals surface area contributed by atoms with Gasteiger partial charge in [-0.1, -0.05) is 25.5 Å². The Kier molecular flexibility index (Phi) is 4.50. The lowest BCUT2D eigenvalue weighted by molar-refractivity contribution is -0.0523. The summed E-state index contributed by atoms with van der Waals surface area (Å²) in [5, 5.41) is 0. The third kappa shape index (κ3) is 3.81. The molecule has 0 spiro atoms. The van der Waals surface area contributed by atoms with Gasteiger partial charge < -0.3 is 9.47 Å². The Balaban J connectivity index is 2.26. The fourth-order valence-electron chi connectivity index (χ4n) is 1.47. The van der Waals surface area contributed by atoms with Crippen molar-refractivity contribution in [3.05, 3.63) is 12.2 Å². The molecule has 1 saturated heterocycles. The Labute approximate surface area is 85.1 Å². The largest absolute Gasteiger partial charge is 0.508 e. The Morgan fingerprint density at radius 1 is 1.43 bits per heavy atom. The first-order chi connectivity index (χ1) is 6.72. The van der Waals surface area contributed by atoms with Gasteiger partial charge in [0, 0.05) is 12.8 Å². The van der Waals surface area contributed by atoms with Crippen molar-refractivity contribution in [3.63, 3.8) is 0 Å². The van der Waals surface area contributed by atoms with E-state index in [0.29, 0.717) is 0 Å². The van der Waals surface area contributed by atoms with E-state index in [-0.39, 0.29) is 12.2 Å². The summed E-state index contributed by atoms with van der Waals surface area (Å²) in [4.78, 5) is 10.9. The van der Waals surface area contributed by atoms with Crippen molar-refractivity contribution in [2.75, 3.05) is 0 Å². The maximum absolute atomic E-state index is 10.9. The van der Waals surface area contributed by atoms with Gasteiger partial charge in [-0.3, -0.25) is 0 Å². The van der Waals surface area contributed by atoms with Gasteiger partial charge in [0.15, 0.2) is 0 Å². The van der Waals surface area contributed by atoms with Crippen LogP contribution in [0.3, 0.4) is 0 Å². The van der Waals surface area contributed by atoms with Gasteiger partial charge in [-0.15, -0.1) is 0 Å². The predicted octanol–water partition coefficient (Wildman–Crippen LogP) is 3.05. The fraction of sp³-hybridized carbons (Fsp3) is 0.727. The number of hydrogen-bond acceptors (Lipinski definition) is 3. The topological polar surface area (TPSA) is 35.5 Å². The first-order valence-corrected chi connectivity index (χ1v) is 5.24. The normalized spacial score (nSPS) is 27.4. The zero-order valence-corrected chi connectivity index (χ0v) is 8.86. The van der Waals surface area contributed by atoms with Crippen molar-refractivity contribution < 1.29 is 14.3 Å². The first kappa shape index (κ1) is 11.1. The number of carbonyl (C=O) groups excluding carboxylic acids is 1. The summed E-state index contributed by atoms with van der Waals surface area (Å²) in [5.41, 5.74) is 0. The number of allylic oxidation sites excluding steroid dienone is 1. The zero-order chi connectivity index (χ0) is 10.4. The summed E-state index contributed by atoms with van der Waals surface area (Å²) in [6.45, 7) is 4.03. The van der Waals surface area contributed by atoms with E-state index in [1.807, 2.05) is 6.92 Å². The van der Waals surface area contributed by atoms with Crippen LogP contribution in [0.4, 0.5) is 4.79 Å². The Morgan fingerprint density at radius 3 is 2.86 bits per heavy atom. The molecule has 0 aromatic heterocycles. The Bertz CT molecular complexity index is 211. The minimum Gasteiger partial charge on any atom is -0.431 e. The van der Waals surface area contributed by atoms with E-state index in [1.165, 1.54) is 0 Å². The van der Waals surface area contributed by atoms with Gasteiger partial charge in [0.05, 0.1) is 0 Å². The molecule has 3 nitrogen and oxygen atoms in total. The Hall–Kier alpha value is -0.990. The molecule has 1 fully saturated rings. The summed E-state index contributed by atoms with van der Waals surface area (Å²) >= 11 is 0. The molecule has 1 rings (SSSR count). The van der Waals surface area contributed by atoms with Gasteiger partial charge in [0.1, 0.15) is 12.2 Å². The van der Waals surface area contributed by atoms with Crippen LogP contribution >= 0.6 is 0 Å². The molecule has 0 amide bonds. The zero-order valence-electron chi connectivity index (χ0n) is 8.86. The summed E-state index contributed by atoms with van der Waals surface area (Å²) in [5.74, 6) is 0. The summed E-state index contributed by atoms with van der Waals surface area (Å²) < 4.78 is 9.88. The summed E-state index contributed by atoms with van der Waals surface area (Å²) in [6.07, 6.45) is 7.51. The van der Waals surface area contributed by atoms with Crippen molar-refractivity contribution in [1.29, 1.82) is 0 Å². The quantitative estimate of drug-likeness (QED) is 0.514. The molecule has 0 bridgehead atoms. The SMILES string of the molecule is CCC/C=C/CC1CC(C)OC(=O)O1. The molecule has 0 radical (unpaired) electrons. The molecule has 1 aliphatic heterocycles. The molecule has 0 aromatic carbocycles. The number of rotatable bonds is 4. The number of ether oxygens (including phenoxy) is 2. The van der Waals surface area contributed by atoms with Crippen molar-refractivity contribution in [3.8, 4) is 0 Å². The third-order valence-corrected chi connectivity index (χ3v) is 2.18. The molecule has 0 aromatic rings. The molecular formula is C11H18O3. The molecule has 0 aliphatic carbocycles. The minimum atomic E-state index is -0.530. The van der Waals surface area contributed by atoms with Crippen molar-refractivity contribution in [2.45, 2.75) is 51.7 Å². The van der Waals surface area contributed by atoms with Gasteiger partial charge in [-0.2, -0.15) is 0 Å². The highest BCUT2D eigenvalue weighted by molar-refractivity contribution is 5.61. The van der Waals surface area contributed by atoms with Gasteiger partial charge >= 0.3 is 6.16 Å². The van der Waals surface area contributed by atoms with Crippen LogP contribution < -0.4 is 0 Å². The van der Waals surface area contributed by atoms with E-state index in [2.05, 4.69) is 19.1 Å². The summed E-state index contributed by atoms with van der Waals surface area (Å²) in [6, 6.07) is 0. The van der Waals surface area contributed by atoms with Crippen LogP contribution in [0.1, 0.15) is 39.5 Å². The van der Waals surface area contributed by atoms with Gasteiger partial charge in [0.2, 0.25) is 0 Å². The third-order valence-electron chi connectivity index (χ3n) is 2.18. The monoisotopic (exact) mass is 198 g/mol. The molecular weight excluding hydrogens is 180 g/mol. The molecule has 1 aliphatic rings. The van der Waals surface area contributed by atoms with Crippen LogP contribution in [0, 0.1) is 0 Å². The lowest BCUT2D eigenvalue weighted by Gasteiger charge is -2.25. The second-order valence-electron chi connectivity index (χ2n) is 3.65. The maximum Gasteiger partial charge on any atom is 0.508 e. The van der Waals surface area contributed by atoms with E-state index < -0.39 is 6.16 Å². The van der Waals surface area contributed by atoms with Crippen molar-refractivity contribution >= 4 is 6.16 Å². The average Bonchev–Trinajstić information content (AvgIpc) is 2.11. The van der Waals surface area contributed by atoms with E-state index in [4.69, 9.17) is 9.47 Å². The molecule has 80 valence electrons. The second-order valence-corrected chi connectivity index (χ2v) is 3.65. The van der Waals surface area contributed by atoms with Crippen molar-refractivity contribution in [1.82, 2.24) is 0 Å². The van der Waals surface area contributed by atoms with Crippen molar-refractivity contribution in [2.24, 2.45) is 0 Å². The lowest BCUT2D eigenvalue weighted by Crippen LogP contribution is -2.32. The molecule has 0 N–H and O–H groups in total. The van der Waals surface area contributed by atoms with Crippen LogP contribution in [-0.2, 0) is 9.47 Å². The number of unbranched alkanes of at least 4 members (excludes halogenated alkanes) is 1. The molecule has 0 saturated carbocycles. The van der Waals surface area contributed by atoms with Crippen LogP contribution in [0.25, 0.3) is 0 Å². The lowest BCUT2D eigenvalue weighted by atomic mass is 10.1. The standard InChI is InChI=1S/C11H18O3/c1-3-4-5-6-7-10-8-9(2)13-11(12)14-10/h5-6,9-10H,3-4,7-8H2,1-2H3/b6-5+. The predicted molar refractivity (Wildman–Crippen MR) is 54.1 cm³/mol. The fourth-order valence-corrected chi connectivity index (χ4v) is 1.47. The number of cyclic esters (lactones) is 2. The highest BCUT2D eigenvalue weighted by Crippen LogP contribution is 2.17. The van der Waals surface area contributed by atoms with Gasteiger partial charge in [0.25, 0.3) is 0 Å². The highest BCUT2D eigenvalue weighted by Gasteiger charge is 2.25.